The first-order valence-electron chi connectivity index (χ1n) is 17.5. The van der Waals surface area contributed by atoms with Gasteiger partial charge < -0.3 is 23.8 Å². The van der Waals surface area contributed by atoms with Gasteiger partial charge in [-0.1, -0.05) is 66.2 Å². The minimum atomic E-state index is -4.30. The average molecular weight is 763 g/mol. The first-order chi connectivity index (χ1) is 25.4. The number of rotatable bonds is 14. The molecule has 11 nitrogen and oxygen atoms in total. The Morgan fingerprint density at radius 1 is 0.925 bits per heavy atom. The lowest BCUT2D eigenvalue weighted by atomic mass is 9.87. The summed E-state index contributed by atoms with van der Waals surface area (Å²) in [6, 6.07) is 27.9. The highest BCUT2D eigenvalue weighted by molar-refractivity contribution is 7.92. The number of benzene rings is 4. The van der Waals surface area contributed by atoms with Gasteiger partial charge in [0.15, 0.2) is 21.4 Å². The lowest BCUT2D eigenvalue weighted by molar-refractivity contribution is -0.121. The van der Waals surface area contributed by atoms with Gasteiger partial charge in [-0.25, -0.2) is 16.8 Å². The molecule has 6 rings (SSSR count). The van der Waals surface area contributed by atoms with Crippen molar-refractivity contribution in [2.75, 3.05) is 45.4 Å². The van der Waals surface area contributed by atoms with Gasteiger partial charge >= 0.3 is 0 Å². The van der Waals surface area contributed by atoms with Crippen molar-refractivity contribution in [2.45, 2.75) is 59.7 Å². The van der Waals surface area contributed by atoms with Gasteiger partial charge in [0.25, 0.3) is 5.91 Å². The zero-order valence-corrected chi connectivity index (χ0v) is 32.0. The number of methoxy groups -OCH3 is 2. The van der Waals surface area contributed by atoms with Gasteiger partial charge in [-0.15, -0.1) is 0 Å². The standard InChI is InChI=1S/C40H46N2O9S2/c1-28-11-18-33(19-12-28)53(46,47)40(2,31-15-20-36-35(23-31)42(21-8-22-48-3)39(43)26-50-36)51-37-25-41-38(52(44,45)27-29-9-6-5-7-10-29)24-34(37)30-13-16-32(49-4)17-14-30/h5-7,9-20,23,34,37-38,41H,8,21-22,24-27H2,1-4H3/t34-,37+,38+,40?/m1/s1. The lowest BCUT2D eigenvalue weighted by Crippen LogP contribution is -2.53. The molecule has 1 unspecified atom stereocenters. The van der Waals surface area contributed by atoms with E-state index in [-0.39, 0.29) is 36.1 Å². The number of fused-ring (bicyclic) bond motifs is 1. The summed E-state index contributed by atoms with van der Waals surface area (Å²) in [5.74, 6) is 0.138. The number of amides is 1. The second kappa shape index (κ2) is 16.0. The molecule has 0 saturated carbocycles. The molecular formula is C40H46N2O9S2. The highest BCUT2D eigenvalue weighted by Crippen LogP contribution is 2.45. The van der Waals surface area contributed by atoms with Crippen molar-refractivity contribution in [2.24, 2.45) is 0 Å². The Kier molecular flexibility index (Phi) is 11.6. The molecule has 4 aromatic rings. The number of nitrogens with one attached hydrogen (secondary N) is 1. The molecule has 4 aromatic carbocycles. The second-order valence-electron chi connectivity index (χ2n) is 13.6. The van der Waals surface area contributed by atoms with Crippen molar-refractivity contribution in [1.82, 2.24) is 5.32 Å². The number of hydrogen-bond donors (Lipinski definition) is 1. The maximum atomic E-state index is 14.9. The van der Waals surface area contributed by atoms with Crippen molar-refractivity contribution in [3.8, 4) is 11.5 Å². The summed E-state index contributed by atoms with van der Waals surface area (Å²) >= 11 is 0. The lowest BCUT2D eigenvalue weighted by Gasteiger charge is -2.42. The fraction of sp³-hybridized carbons (Fsp3) is 0.375. The first kappa shape index (κ1) is 38.5. The van der Waals surface area contributed by atoms with Crippen LogP contribution in [0.25, 0.3) is 0 Å². The van der Waals surface area contributed by atoms with Gasteiger partial charge in [0.1, 0.15) is 16.9 Å². The Bertz CT molecular complexity index is 2110. The van der Waals surface area contributed by atoms with E-state index in [2.05, 4.69) is 5.32 Å². The highest BCUT2D eigenvalue weighted by atomic mass is 32.2. The molecule has 2 aliphatic rings. The summed E-state index contributed by atoms with van der Waals surface area (Å²) < 4.78 is 80.8. The Labute approximate surface area is 312 Å². The van der Waals surface area contributed by atoms with E-state index < -0.39 is 42.0 Å². The molecule has 0 bridgehead atoms. The number of hydrogen-bond acceptors (Lipinski definition) is 10. The van der Waals surface area contributed by atoms with Crippen LogP contribution in [0.5, 0.6) is 11.5 Å². The van der Waals surface area contributed by atoms with Crippen LogP contribution in [-0.4, -0.2) is 74.7 Å². The highest BCUT2D eigenvalue weighted by Gasteiger charge is 2.49. The van der Waals surface area contributed by atoms with Gasteiger partial charge in [0.2, 0.25) is 9.84 Å². The molecule has 2 heterocycles. The summed E-state index contributed by atoms with van der Waals surface area (Å²) in [6.45, 7) is 4.09. The molecule has 282 valence electrons. The number of carbonyl (C=O) groups excluding carboxylic acids is 1. The predicted molar refractivity (Wildman–Crippen MR) is 203 cm³/mol. The number of nitrogens with zero attached hydrogens (tertiary/aromatic N) is 1. The second-order valence-corrected chi connectivity index (χ2v) is 18.0. The zero-order chi connectivity index (χ0) is 37.8. The van der Waals surface area contributed by atoms with Crippen molar-refractivity contribution in [3.63, 3.8) is 0 Å². The van der Waals surface area contributed by atoms with Gasteiger partial charge in [-0.05, 0) is 74.2 Å². The Morgan fingerprint density at radius 3 is 2.32 bits per heavy atom. The number of ether oxygens (including phenoxy) is 4. The topological polar surface area (TPSA) is 138 Å². The average Bonchev–Trinajstić information content (AvgIpc) is 3.16. The predicted octanol–water partition coefficient (Wildman–Crippen LogP) is 5.52. The molecular weight excluding hydrogens is 717 g/mol. The molecule has 0 aliphatic carbocycles. The monoisotopic (exact) mass is 762 g/mol. The van der Waals surface area contributed by atoms with E-state index in [0.717, 1.165) is 11.1 Å². The van der Waals surface area contributed by atoms with Crippen LogP contribution in [-0.2, 0) is 44.6 Å². The van der Waals surface area contributed by atoms with Crippen LogP contribution in [0.2, 0.25) is 0 Å². The van der Waals surface area contributed by atoms with Gasteiger partial charge in [0, 0.05) is 38.3 Å². The van der Waals surface area contributed by atoms with E-state index >= 15 is 0 Å². The van der Waals surface area contributed by atoms with Crippen LogP contribution in [0, 0.1) is 6.92 Å². The quantitative estimate of drug-likeness (QED) is 0.164. The normalized spacial score (nSPS) is 20.3. The summed E-state index contributed by atoms with van der Waals surface area (Å²) in [7, 11) is -4.83. The molecule has 1 saturated heterocycles. The van der Waals surface area contributed by atoms with Crippen molar-refractivity contribution in [3.05, 3.63) is 119 Å². The van der Waals surface area contributed by atoms with E-state index in [1.165, 1.54) is 6.92 Å². The Balaban J connectivity index is 1.43. The molecule has 1 amide bonds. The van der Waals surface area contributed by atoms with E-state index in [0.29, 0.717) is 47.9 Å². The summed E-state index contributed by atoms with van der Waals surface area (Å²) in [6.07, 6.45) is -0.108. The number of anilines is 1. The molecule has 53 heavy (non-hydrogen) atoms. The van der Waals surface area contributed by atoms with E-state index in [1.54, 1.807) is 98.0 Å². The first-order valence-corrected chi connectivity index (χ1v) is 20.7. The van der Waals surface area contributed by atoms with Gasteiger partial charge in [-0.3, -0.25) is 10.1 Å². The van der Waals surface area contributed by atoms with E-state index in [1.807, 2.05) is 25.1 Å². The molecule has 4 atom stereocenters. The van der Waals surface area contributed by atoms with Crippen LogP contribution in [0.1, 0.15) is 47.9 Å². The van der Waals surface area contributed by atoms with Crippen LogP contribution in [0.4, 0.5) is 5.69 Å². The minimum Gasteiger partial charge on any atom is -0.497 e. The third-order valence-electron chi connectivity index (χ3n) is 10.0. The molecule has 0 spiro atoms. The smallest absolute Gasteiger partial charge is 0.265 e. The zero-order valence-electron chi connectivity index (χ0n) is 30.4. The third-order valence-corrected chi connectivity index (χ3v) is 14.2. The fourth-order valence-corrected chi connectivity index (χ4v) is 10.3. The van der Waals surface area contributed by atoms with Crippen LogP contribution in [0.15, 0.2) is 102 Å². The number of sulfone groups is 2. The summed E-state index contributed by atoms with van der Waals surface area (Å²) in [5, 5.41) is 2.28. The van der Waals surface area contributed by atoms with Gasteiger partial charge in [0.05, 0.1) is 29.5 Å². The van der Waals surface area contributed by atoms with Crippen molar-refractivity contribution < 1.29 is 40.6 Å². The van der Waals surface area contributed by atoms with E-state index in [4.69, 9.17) is 18.9 Å². The molecule has 2 aliphatic heterocycles. The van der Waals surface area contributed by atoms with Crippen molar-refractivity contribution in [1.29, 1.82) is 0 Å². The Morgan fingerprint density at radius 2 is 1.64 bits per heavy atom. The summed E-state index contributed by atoms with van der Waals surface area (Å²) in [4.78, 5) is 12.7. The van der Waals surface area contributed by atoms with E-state index in [9.17, 15) is 21.6 Å². The molecule has 1 N–H and O–H groups in total. The number of carbonyl (C=O) groups is 1. The SMILES string of the molecule is COCCCN1C(=O)COc2ccc(C(C)(O[C@H]3CN[C@@H](S(=O)(=O)Cc4ccccc4)C[C@@H]3c3ccc(OC)cc3)S(=O)(=O)c3ccc(C)cc3)cc21. The van der Waals surface area contributed by atoms with Crippen molar-refractivity contribution >= 4 is 31.3 Å². The summed E-state index contributed by atoms with van der Waals surface area (Å²) in [5.41, 5.74) is 3.07. The van der Waals surface area contributed by atoms with Crippen LogP contribution >= 0.6 is 0 Å². The molecule has 0 radical (unpaired) electrons. The number of aryl methyl sites for hydroxylation is 1. The molecule has 13 heteroatoms. The largest absolute Gasteiger partial charge is 0.497 e. The van der Waals surface area contributed by atoms with Gasteiger partial charge in [-0.2, -0.15) is 0 Å². The molecule has 1 fully saturated rings. The third kappa shape index (κ3) is 8.14. The molecule has 0 aromatic heterocycles. The Hall–Kier alpha value is -4.27. The maximum absolute atomic E-state index is 14.9. The maximum Gasteiger partial charge on any atom is 0.265 e. The number of piperidine rings is 1. The van der Waals surface area contributed by atoms with Crippen LogP contribution < -0.4 is 19.7 Å². The van der Waals surface area contributed by atoms with Crippen LogP contribution in [0.3, 0.4) is 0 Å². The fourth-order valence-electron chi connectivity index (χ4n) is 6.98. The minimum absolute atomic E-state index is 0.0457.